The fraction of sp³-hybridized carbons (Fsp3) is 0.364. The highest BCUT2D eigenvalue weighted by molar-refractivity contribution is 6.10. The lowest BCUT2D eigenvalue weighted by molar-refractivity contribution is 0.0602. The second-order valence-electron chi connectivity index (χ2n) is 6.93. The van der Waals surface area contributed by atoms with Crippen molar-refractivity contribution in [3.05, 3.63) is 69.8 Å². The van der Waals surface area contributed by atoms with E-state index in [1.165, 1.54) is 13.8 Å². The maximum Gasteiger partial charge on any atom is 0.266 e. The first-order valence-electron chi connectivity index (χ1n) is 9.46. The molecule has 29 heavy (non-hydrogen) atoms. The predicted octanol–water partition coefficient (Wildman–Crippen LogP) is 5.72. The monoisotopic (exact) mass is 409 g/mol. The van der Waals surface area contributed by atoms with Gasteiger partial charge in [0.05, 0.1) is 0 Å². The summed E-state index contributed by atoms with van der Waals surface area (Å²) in [5.74, 6) is -7.02. The van der Waals surface area contributed by atoms with Crippen molar-refractivity contribution < 1.29 is 27.2 Å². The molecule has 0 atom stereocenters. The molecule has 0 aliphatic heterocycles. The standard InChI is InChI=1S/C22H23F4NO2/c1-4-5-6-7-12-27(21(28)17-15(23)10-8-13(2)19(17)25)22(29)18-16(24)11-9-14(3)20(18)26/h8-11H,4-7,12H2,1-3H3. The number of amides is 2. The molecular formula is C22H23F4NO2. The fourth-order valence-corrected chi connectivity index (χ4v) is 2.97. The molecule has 0 aliphatic rings. The molecule has 0 aromatic heterocycles. The topological polar surface area (TPSA) is 37.4 Å². The van der Waals surface area contributed by atoms with Crippen LogP contribution >= 0.6 is 0 Å². The average molecular weight is 409 g/mol. The maximum atomic E-state index is 14.5. The van der Waals surface area contributed by atoms with E-state index in [-0.39, 0.29) is 17.7 Å². The van der Waals surface area contributed by atoms with Gasteiger partial charge in [-0.2, -0.15) is 0 Å². The number of unbranched alkanes of at least 4 members (excludes halogenated alkanes) is 3. The molecule has 0 heterocycles. The van der Waals surface area contributed by atoms with Crippen molar-refractivity contribution in [3.63, 3.8) is 0 Å². The Bertz CT molecular complexity index is 858. The van der Waals surface area contributed by atoms with Crippen LogP contribution in [0.1, 0.15) is 64.4 Å². The highest BCUT2D eigenvalue weighted by Gasteiger charge is 2.32. The smallest absolute Gasteiger partial charge is 0.266 e. The van der Waals surface area contributed by atoms with E-state index in [0.717, 1.165) is 37.1 Å². The van der Waals surface area contributed by atoms with Crippen LogP contribution in [-0.4, -0.2) is 23.3 Å². The molecule has 2 aromatic carbocycles. The zero-order valence-electron chi connectivity index (χ0n) is 16.6. The summed E-state index contributed by atoms with van der Waals surface area (Å²) < 4.78 is 57.4. The largest absolute Gasteiger partial charge is 0.274 e. The summed E-state index contributed by atoms with van der Waals surface area (Å²) >= 11 is 0. The van der Waals surface area contributed by atoms with Crippen molar-refractivity contribution in [1.29, 1.82) is 0 Å². The van der Waals surface area contributed by atoms with Gasteiger partial charge < -0.3 is 0 Å². The van der Waals surface area contributed by atoms with E-state index in [9.17, 15) is 27.2 Å². The summed E-state index contributed by atoms with van der Waals surface area (Å²) in [4.78, 5) is 26.3. The zero-order valence-corrected chi connectivity index (χ0v) is 16.6. The first-order valence-corrected chi connectivity index (χ1v) is 9.46. The molecule has 0 unspecified atom stereocenters. The fourth-order valence-electron chi connectivity index (χ4n) is 2.97. The van der Waals surface area contributed by atoms with Crippen LogP contribution in [-0.2, 0) is 0 Å². The lowest BCUT2D eigenvalue weighted by atomic mass is 10.1. The minimum Gasteiger partial charge on any atom is -0.274 e. The third kappa shape index (κ3) is 4.83. The van der Waals surface area contributed by atoms with E-state index in [4.69, 9.17) is 0 Å². The molecule has 2 aromatic rings. The van der Waals surface area contributed by atoms with Crippen molar-refractivity contribution in [2.24, 2.45) is 0 Å². The average Bonchev–Trinajstić information content (AvgIpc) is 2.68. The van der Waals surface area contributed by atoms with E-state index in [0.29, 0.717) is 17.7 Å². The zero-order chi connectivity index (χ0) is 21.7. The van der Waals surface area contributed by atoms with Gasteiger partial charge in [0.2, 0.25) is 0 Å². The molecule has 0 fully saturated rings. The van der Waals surface area contributed by atoms with E-state index in [1.807, 2.05) is 6.92 Å². The first-order chi connectivity index (χ1) is 13.7. The normalized spacial score (nSPS) is 10.9. The molecule has 0 spiro atoms. The number of benzene rings is 2. The second kappa shape index (κ2) is 9.67. The molecule has 7 heteroatoms. The number of imide groups is 1. The van der Waals surface area contributed by atoms with E-state index in [1.54, 1.807) is 0 Å². The molecule has 0 N–H and O–H groups in total. The molecule has 0 radical (unpaired) electrons. The first kappa shape index (κ1) is 22.6. The lowest BCUT2D eigenvalue weighted by Gasteiger charge is -2.22. The summed E-state index contributed by atoms with van der Waals surface area (Å²) in [6, 6.07) is 4.15. The summed E-state index contributed by atoms with van der Waals surface area (Å²) in [6.07, 6.45) is 2.68. The summed E-state index contributed by atoms with van der Waals surface area (Å²) in [5, 5.41) is 0. The number of hydrogen-bond acceptors (Lipinski definition) is 2. The number of aryl methyl sites for hydroxylation is 2. The van der Waals surface area contributed by atoms with Gasteiger partial charge in [0, 0.05) is 6.54 Å². The Hall–Kier alpha value is -2.70. The third-order valence-corrected chi connectivity index (χ3v) is 4.72. The summed E-state index contributed by atoms with van der Waals surface area (Å²) in [5.41, 5.74) is -1.80. The second-order valence-corrected chi connectivity index (χ2v) is 6.93. The molecule has 0 saturated carbocycles. The SMILES string of the molecule is CCCCCCN(C(=O)c1c(F)ccc(C)c1F)C(=O)c1c(F)ccc(C)c1F. The lowest BCUT2D eigenvalue weighted by Crippen LogP contribution is -2.39. The number of carbonyl (C=O) groups excluding carboxylic acids is 2. The van der Waals surface area contributed by atoms with E-state index in [2.05, 4.69) is 0 Å². The van der Waals surface area contributed by atoms with Crippen LogP contribution in [0.15, 0.2) is 24.3 Å². The highest BCUT2D eigenvalue weighted by Crippen LogP contribution is 2.23. The number of rotatable bonds is 7. The molecule has 0 bridgehead atoms. The van der Waals surface area contributed by atoms with Gasteiger partial charge in [-0.1, -0.05) is 38.3 Å². The Balaban J connectivity index is 2.50. The van der Waals surface area contributed by atoms with Crippen LogP contribution < -0.4 is 0 Å². The van der Waals surface area contributed by atoms with Gasteiger partial charge in [-0.3, -0.25) is 14.5 Å². The number of halogens is 4. The number of hydrogen-bond donors (Lipinski definition) is 0. The Morgan fingerprint density at radius 1 is 0.759 bits per heavy atom. The van der Waals surface area contributed by atoms with Gasteiger partial charge in [0.1, 0.15) is 34.4 Å². The van der Waals surface area contributed by atoms with Gasteiger partial charge >= 0.3 is 0 Å². The van der Waals surface area contributed by atoms with Crippen LogP contribution in [0.2, 0.25) is 0 Å². The minimum absolute atomic E-state index is 0.0149. The predicted molar refractivity (Wildman–Crippen MR) is 102 cm³/mol. The number of nitrogens with zero attached hydrogens (tertiary/aromatic N) is 1. The van der Waals surface area contributed by atoms with Crippen molar-refractivity contribution in [2.45, 2.75) is 46.5 Å². The molecule has 2 amide bonds. The van der Waals surface area contributed by atoms with Gasteiger partial charge in [-0.05, 0) is 43.5 Å². The van der Waals surface area contributed by atoms with Gasteiger partial charge in [-0.25, -0.2) is 17.6 Å². The molecule has 2 rings (SSSR count). The maximum absolute atomic E-state index is 14.5. The highest BCUT2D eigenvalue weighted by atomic mass is 19.1. The third-order valence-electron chi connectivity index (χ3n) is 4.72. The van der Waals surface area contributed by atoms with Crippen molar-refractivity contribution in [2.75, 3.05) is 6.54 Å². The number of carbonyl (C=O) groups is 2. The Morgan fingerprint density at radius 3 is 1.62 bits per heavy atom. The van der Waals surface area contributed by atoms with Crippen molar-refractivity contribution in [1.82, 2.24) is 4.90 Å². The quantitative estimate of drug-likeness (QED) is 0.333. The van der Waals surface area contributed by atoms with Crippen molar-refractivity contribution in [3.8, 4) is 0 Å². The molecule has 0 saturated heterocycles. The minimum atomic E-state index is -1.26. The van der Waals surface area contributed by atoms with Gasteiger partial charge in [0.15, 0.2) is 0 Å². The molecule has 156 valence electrons. The van der Waals surface area contributed by atoms with Crippen LogP contribution in [0.3, 0.4) is 0 Å². The van der Waals surface area contributed by atoms with Crippen LogP contribution in [0.4, 0.5) is 17.6 Å². The van der Waals surface area contributed by atoms with E-state index < -0.39 is 46.2 Å². The van der Waals surface area contributed by atoms with Gasteiger partial charge in [-0.15, -0.1) is 0 Å². The Morgan fingerprint density at radius 2 is 1.21 bits per heavy atom. The van der Waals surface area contributed by atoms with Crippen LogP contribution in [0.5, 0.6) is 0 Å². The van der Waals surface area contributed by atoms with Crippen LogP contribution in [0.25, 0.3) is 0 Å². The molecular weight excluding hydrogens is 386 g/mol. The molecule has 3 nitrogen and oxygen atoms in total. The Labute approximate surface area is 167 Å². The summed E-state index contributed by atoms with van der Waals surface area (Å²) in [6.45, 7) is 4.44. The Kier molecular flexibility index (Phi) is 7.53. The van der Waals surface area contributed by atoms with E-state index >= 15 is 0 Å². The van der Waals surface area contributed by atoms with Crippen molar-refractivity contribution >= 4 is 11.8 Å². The van der Waals surface area contributed by atoms with Crippen LogP contribution in [0, 0.1) is 37.1 Å². The van der Waals surface area contributed by atoms with Gasteiger partial charge in [0.25, 0.3) is 11.8 Å². The molecule has 0 aliphatic carbocycles. The summed E-state index contributed by atoms with van der Waals surface area (Å²) in [7, 11) is 0.